The van der Waals surface area contributed by atoms with E-state index in [9.17, 15) is 0 Å². The molecule has 3 aliphatic rings. The van der Waals surface area contributed by atoms with Crippen LogP contribution >= 0.6 is 0 Å². The molecule has 3 heterocycles. The average Bonchev–Trinajstić information content (AvgIpc) is 3.68. The minimum atomic E-state index is -3.01. The molecule has 0 aromatic heterocycles. The number of hydrogen-bond donors (Lipinski definition) is 0. The van der Waals surface area contributed by atoms with Gasteiger partial charge in [0.15, 0.2) is 12.6 Å². The monoisotopic (exact) mass is 808 g/mol. The molecule has 3 aromatic carbocycles. The Labute approximate surface area is 336 Å². The highest BCUT2D eigenvalue weighted by Gasteiger charge is 2.63. The minimum Gasteiger partial charge on any atom is -0.414 e. The molecule has 12 heteroatoms. The molecule has 10 nitrogen and oxygen atoms in total. The van der Waals surface area contributed by atoms with E-state index in [4.69, 9.17) is 46.1 Å². The first-order valence-corrected chi connectivity index (χ1v) is 24.4. The molecule has 3 fully saturated rings. The van der Waals surface area contributed by atoms with E-state index < -0.39 is 66.3 Å². The third-order valence-electron chi connectivity index (χ3n) is 11.4. The van der Waals surface area contributed by atoms with Crippen LogP contribution in [-0.2, 0) is 65.9 Å². The molecular formula is C44H64O10Si2. The Morgan fingerprint density at radius 3 is 1.59 bits per heavy atom. The van der Waals surface area contributed by atoms with Crippen molar-refractivity contribution < 1.29 is 46.1 Å². The molecule has 308 valence electrons. The number of hydrogen-bond acceptors (Lipinski definition) is 10. The molecule has 0 bridgehead atoms. The van der Waals surface area contributed by atoms with Crippen LogP contribution in [0, 0.1) is 0 Å². The van der Waals surface area contributed by atoms with E-state index in [1.807, 2.05) is 78.9 Å². The zero-order valence-electron chi connectivity index (χ0n) is 34.7. The molecule has 3 aromatic rings. The van der Waals surface area contributed by atoms with Crippen molar-refractivity contribution in [2.24, 2.45) is 0 Å². The molecular weight excluding hydrogens is 745 g/mol. The Bertz CT molecular complexity index is 1580. The maximum Gasteiger partial charge on any atom is 0.335 e. The van der Waals surface area contributed by atoms with Gasteiger partial charge in [0.1, 0.15) is 36.6 Å². The molecule has 0 spiro atoms. The summed E-state index contributed by atoms with van der Waals surface area (Å²) in [4.78, 5) is 0. The lowest BCUT2D eigenvalue weighted by atomic mass is 10.1. The van der Waals surface area contributed by atoms with E-state index in [1.54, 1.807) is 7.11 Å². The van der Waals surface area contributed by atoms with Gasteiger partial charge in [0.2, 0.25) is 0 Å². The van der Waals surface area contributed by atoms with Crippen LogP contribution in [0.1, 0.15) is 72.1 Å². The molecule has 6 rings (SSSR count). The van der Waals surface area contributed by atoms with E-state index in [0.29, 0.717) is 26.4 Å². The Morgan fingerprint density at radius 2 is 1.09 bits per heavy atom. The Hall–Kier alpha value is -2.31. The maximum atomic E-state index is 7.49. The van der Waals surface area contributed by atoms with Gasteiger partial charge in [0, 0.05) is 7.11 Å². The predicted molar refractivity (Wildman–Crippen MR) is 219 cm³/mol. The van der Waals surface area contributed by atoms with E-state index >= 15 is 0 Å². The van der Waals surface area contributed by atoms with Crippen LogP contribution < -0.4 is 0 Å². The van der Waals surface area contributed by atoms with Gasteiger partial charge < -0.3 is 46.1 Å². The lowest BCUT2D eigenvalue weighted by Gasteiger charge is -2.51. The third kappa shape index (κ3) is 9.76. The summed E-state index contributed by atoms with van der Waals surface area (Å²) < 4.78 is 68.4. The van der Waals surface area contributed by atoms with Gasteiger partial charge >= 0.3 is 17.1 Å². The van der Waals surface area contributed by atoms with Gasteiger partial charge in [0.25, 0.3) is 0 Å². The SMILES string of the molecule is CO[C@H]1O[C@@H]2CO[Si](C(C)C)(C(C)C)O[Si](C(C)C)(C(C)C)O[C@H]2[C@@H]1O[C@H]1O[C@H](COCc2ccccc2)[C@@H](OCc2ccccc2)[C@@H]1OCc1ccccc1. The number of fused-ring (bicyclic) bond motifs is 1. The van der Waals surface area contributed by atoms with Crippen LogP contribution in [0.25, 0.3) is 0 Å². The maximum absolute atomic E-state index is 7.49. The third-order valence-corrected chi connectivity index (χ3v) is 21.6. The molecule has 0 saturated carbocycles. The normalized spacial score (nSPS) is 28.9. The lowest BCUT2D eigenvalue weighted by Crippen LogP contribution is -2.66. The van der Waals surface area contributed by atoms with Crippen molar-refractivity contribution in [2.75, 3.05) is 20.3 Å². The van der Waals surface area contributed by atoms with E-state index in [1.165, 1.54) is 0 Å². The quantitative estimate of drug-likeness (QED) is 0.123. The molecule has 0 amide bonds. The van der Waals surface area contributed by atoms with Crippen LogP contribution in [0.2, 0.25) is 22.2 Å². The topological polar surface area (TPSA) is 92.3 Å². The van der Waals surface area contributed by atoms with Crippen LogP contribution in [0.3, 0.4) is 0 Å². The van der Waals surface area contributed by atoms with Crippen molar-refractivity contribution in [3.05, 3.63) is 108 Å². The smallest absolute Gasteiger partial charge is 0.335 e. The Balaban J connectivity index is 1.32. The fourth-order valence-electron chi connectivity index (χ4n) is 8.31. The zero-order chi connectivity index (χ0) is 39.9. The largest absolute Gasteiger partial charge is 0.414 e. The van der Waals surface area contributed by atoms with Crippen LogP contribution in [0.5, 0.6) is 0 Å². The van der Waals surface area contributed by atoms with E-state index in [2.05, 4.69) is 67.5 Å². The number of rotatable bonds is 17. The highest BCUT2D eigenvalue weighted by molar-refractivity contribution is 6.84. The molecule has 3 saturated heterocycles. The Kier molecular flexibility index (Phi) is 15.2. The summed E-state index contributed by atoms with van der Waals surface area (Å²) in [5, 5.41) is 0. The number of ether oxygens (including phenoxy) is 7. The zero-order valence-corrected chi connectivity index (χ0v) is 36.7. The van der Waals surface area contributed by atoms with Crippen molar-refractivity contribution >= 4 is 17.1 Å². The van der Waals surface area contributed by atoms with Crippen LogP contribution in [0.4, 0.5) is 0 Å². The lowest BCUT2D eigenvalue weighted by molar-refractivity contribution is -0.248. The fraction of sp³-hybridized carbons (Fsp3) is 0.591. The summed E-state index contributed by atoms with van der Waals surface area (Å²) in [5.74, 6) is 0. The Morgan fingerprint density at radius 1 is 0.589 bits per heavy atom. The van der Waals surface area contributed by atoms with Crippen molar-refractivity contribution in [2.45, 2.75) is 147 Å². The van der Waals surface area contributed by atoms with Gasteiger partial charge in [-0.15, -0.1) is 0 Å². The highest BCUT2D eigenvalue weighted by atomic mass is 28.5. The second-order valence-corrected chi connectivity index (χ2v) is 25.3. The first-order valence-electron chi connectivity index (χ1n) is 20.4. The summed E-state index contributed by atoms with van der Waals surface area (Å²) in [6, 6.07) is 30.3. The fourth-order valence-corrected chi connectivity index (χ4v) is 19.5. The first-order chi connectivity index (χ1) is 27.0. The summed E-state index contributed by atoms with van der Waals surface area (Å²) >= 11 is 0. The summed E-state index contributed by atoms with van der Waals surface area (Å²) in [7, 11) is -4.15. The van der Waals surface area contributed by atoms with Gasteiger partial charge in [-0.2, -0.15) is 0 Å². The second-order valence-electron chi connectivity index (χ2n) is 16.5. The van der Waals surface area contributed by atoms with Gasteiger partial charge in [-0.1, -0.05) is 146 Å². The van der Waals surface area contributed by atoms with Gasteiger partial charge in [0.05, 0.1) is 33.0 Å². The highest BCUT2D eigenvalue weighted by Crippen LogP contribution is 2.48. The van der Waals surface area contributed by atoms with Crippen LogP contribution in [0.15, 0.2) is 91.0 Å². The molecule has 8 atom stereocenters. The summed E-state index contributed by atoms with van der Waals surface area (Å²) in [6.45, 7) is 19.4. The standard InChI is InChI=1S/C44H64O10Si2/c1-30(2)55(31(3)4)49-29-38-40(53-56(54-55,32(5)6)33(7)8)42(43(45-9)50-38)52-44-41(48-27-36-23-17-12-18-24-36)39(47-26-35-21-15-11-16-22-35)37(51-44)28-46-25-34-19-13-10-14-20-34/h10-24,30-33,37-44H,25-29H2,1-9H3/t37-,38-,39-,40-,41+,42+,43+,44-/m1/s1. The summed E-state index contributed by atoms with van der Waals surface area (Å²) in [6.07, 6.45) is -4.92. The molecule has 0 unspecified atom stereocenters. The molecule has 56 heavy (non-hydrogen) atoms. The number of benzene rings is 3. The van der Waals surface area contributed by atoms with Gasteiger partial charge in [-0.3, -0.25) is 0 Å². The minimum absolute atomic E-state index is 0.128. The molecule has 3 aliphatic heterocycles. The van der Waals surface area contributed by atoms with E-state index in [-0.39, 0.29) is 28.8 Å². The summed E-state index contributed by atoms with van der Waals surface area (Å²) in [5.41, 5.74) is 3.82. The van der Waals surface area contributed by atoms with Crippen molar-refractivity contribution in [1.82, 2.24) is 0 Å². The van der Waals surface area contributed by atoms with Gasteiger partial charge in [-0.05, 0) is 38.9 Å². The molecule has 0 radical (unpaired) electrons. The molecule has 0 N–H and O–H groups in total. The van der Waals surface area contributed by atoms with Crippen LogP contribution in [-0.4, -0.2) is 86.6 Å². The molecule has 0 aliphatic carbocycles. The van der Waals surface area contributed by atoms with Crippen molar-refractivity contribution in [3.8, 4) is 0 Å². The van der Waals surface area contributed by atoms with E-state index in [0.717, 1.165) is 16.7 Å². The van der Waals surface area contributed by atoms with Gasteiger partial charge in [-0.25, -0.2) is 0 Å². The predicted octanol–water partition coefficient (Wildman–Crippen LogP) is 8.81. The van der Waals surface area contributed by atoms with Crippen molar-refractivity contribution in [3.63, 3.8) is 0 Å². The first kappa shape index (κ1) is 43.3. The number of methoxy groups -OCH3 is 1. The second kappa shape index (κ2) is 19.6. The average molecular weight is 809 g/mol. The van der Waals surface area contributed by atoms with Crippen molar-refractivity contribution in [1.29, 1.82) is 0 Å².